The molecule has 0 unspecified atom stereocenters. The molecule has 3 rings (SSSR count). The van der Waals surface area contributed by atoms with Crippen LogP contribution in [0.1, 0.15) is 70.7 Å². The van der Waals surface area contributed by atoms with E-state index in [4.69, 9.17) is 20.6 Å². The van der Waals surface area contributed by atoms with Crippen LogP contribution in [-0.4, -0.2) is 53.8 Å². The van der Waals surface area contributed by atoms with Crippen LogP contribution >= 0.6 is 0 Å². The molecule has 10 nitrogen and oxygen atoms in total. The fourth-order valence-electron chi connectivity index (χ4n) is 4.10. The van der Waals surface area contributed by atoms with Crippen molar-refractivity contribution in [2.24, 2.45) is 5.73 Å². The fraction of sp³-hybridized carbons (Fsp3) is 0.385. The van der Waals surface area contributed by atoms with Crippen molar-refractivity contribution in [3.8, 4) is 11.5 Å². The van der Waals surface area contributed by atoms with Gasteiger partial charge in [-0.1, -0.05) is 20.8 Å². The van der Waals surface area contributed by atoms with Gasteiger partial charge in [0.15, 0.2) is 5.78 Å². The number of carbonyl (C=O) groups excluding carboxylic acids is 3. The third-order valence-corrected chi connectivity index (χ3v) is 5.93. The van der Waals surface area contributed by atoms with E-state index in [1.54, 1.807) is 23.1 Å². The smallest absolute Gasteiger partial charge is 0.404 e. The van der Waals surface area contributed by atoms with E-state index in [9.17, 15) is 19.5 Å². The Kier molecular flexibility index (Phi) is 7.57. The molecule has 0 saturated carbocycles. The molecule has 5 N–H and O–H groups in total. The number of phenols is 1. The van der Waals surface area contributed by atoms with Gasteiger partial charge >= 0.3 is 6.09 Å². The lowest BCUT2D eigenvalue weighted by Crippen LogP contribution is -2.30. The highest BCUT2D eigenvalue weighted by molar-refractivity contribution is 6.07. The van der Waals surface area contributed by atoms with Crippen molar-refractivity contribution in [2.75, 3.05) is 20.2 Å². The van der Waals surface area contributed by atoms with Crippen LogP contribution in [-0.2, 0) is 23.3 Å². The first-order valence-corrected chi connectivity index (χ1v) is 11.5. The molecule has 10 heteroatoms. The number of benzene rings is 2. The molecule has 0 fully saturated rings. The van der Waals surface area contributed by atoms with Gasteiger partial charge < -0.3 is 30.5 Å². The SMILES string of the molecule is CCOc1cc2c(cc1C(=O)NC)C(=N)N(CC(=O)c1cc(COC(N)=O)c(O)c(C(C)(C)C)c1)C2. The molecular formula is C26H32N4O6. The summed E-state index contributed by atoms with van der Waals surface area (Å²) < 4.78 is 10.5. The summed E-state index contributed by atoms with van der Waals surface area (Å²) in [6.45, 7) is 7.79. The van der Waals surface area contributed by atoms with Gasteiger partial charge in [-0.25, -0.2) is 4.79 Å². The molecule has 0 aliphatic carbocycles. The van der Waals surface area contributed by atoms with Gasteiger partial charge in [-0.3, -0.25) is 15.0 Å². The van der Waals surface area contributed by atoms with Crippen LogP contribution in [0.15, 0.2) is 24.3 Å². The first-order chi connectivity index (χ1) is 16.9. The van der Waals surface area contributed by atoms with Crippen LogP contribution < -0.4 is 15.8 Å². The molecule has 1 heterocycles. The highest BCUT2D eigenvalue weighted by atomic mass is 16.5. The molecule has 0 saturated heterocycles. The molecule has 1 aliphatic rings. The highest BCUT2D eigenvalue weighted by Gasteiger charge is 2.30. The molecule has 36 heavy (non-hydrogen) atoms. The number of rotatable bonds is 8. The van der Waals surface area contributed by atoms with Crippen LogP contribution in [0.3, 0.4) is 0 Å². The summed E-state index contributed by atoms with van der Waals surface area (Å²) in [6.07, 6.45) is -0.991. The zero-order valence-corrected chi connectivity index (χ0v) is 21.2. The molecule has 0 aromatic heterocycles. The first kappa shape index (κ1) is 26.5. The maximum Gasteiger partial charge on any atom is 0.404 e. The lowest BCUT2D eigenvalue weighted by Gasteiger charge is -2.24. The van der Waals surface area contributed by atoms with Crippen molar-refractivity contribution >= 4 is 23.6 Å². The van der Waals surface area contributed by atoms with Crippen LogP contribution in [0.4, 0.5) is 4.79 Å². The van der Waals surface area contributed by atoms with Crippen LogP contribution in [0.5, 0.6) is 11.5 Å². The molecule has 2 amide bonds. The van der Waals surface area contributed by atoms with E-state index in [0.29, 0.717) is 41.2 Å². The fourth-order valence-corrected chi connectivity index (χ4v) is 4.10. The Labute approximate surface area is 209 Å². The van der Waals surface area contributed by atoms with Crippen molar-refractivity contribution in [3.05, 3.63) is 57.6 Å². The number of nitrogens with two attached hydrogens (primary N) is 1. The van der Waals surface area contributed by atoms with E-state index >= 15 is 0 Å². The van der Waals surface area contributed by atoms with E-state index in [2.05, 4.69) is 5.32 Å². The van der Waals surface area contributed by atoms with E-state index in [0.717, 1.165) is 5.56 Å². The monoisotopic (exact) mass is 496 g/mol. The van der Waals surface area contributed by atoms with Gasteiger partial charge in [-0.05, 0) is 42.2 Å². The number of nitrogens with zero attached hydrogens (tertiary/aromatic N) is 1. The van der Waals surface area contributed by atoms with Gasteiger partial charge in [0.1, 0.15) is 23.9 Å². The Morgan fingerprint density at radius 1 is 1.19 bits per heavy atom. The number of carbonyl (C=O) groups is 3. The lowest BCUT2D eigenvalue weighted by atomic mass is 9.83. The predicted octanol–water partition coefficient (Wildman–Crippen LogP) is 3.07. The second-order valence-corrected chi connectivity index (χ2v) is 9.53. The number of Topliss-reactive ketones (excluding diaryl/α,β-unsaturated/α-hetero) is 1. The zero-order valence-electron chi connectivity index (χ0n) is 21.2. The molecule has 0 radical (unpaired) electrons. The maximum absolute atomic E-state index is 13.3. The van der Waals surface area contributed by atoms with Gasteiger partial charge in [0.2, 0.25) is 0 Å². The van der Waals surface area contributed by atoms with E-state index in [1.165, 1.54) is 13.1 Å². The van der Waals surface area contributed by atoms with Crippen LogP contribution in [0, 0.1) is 5.41 Å². The normalized spacial score (nSPS) is 12.8. The van der Waals surface area contributed by atoms with Gasteiger partial charge in [0.25, 0.3) is 5.91 Å². The summed E-state index contributed by atoms with van der Waals surface area (Å²) in [7, 11) is 1.52. The quantitative estimate of drug-likeness (QED) is 0.409. The molecule has 1 aliphatic heterocycles. The van der Waals surface area contributed by atoms with Crippen molar-refractivity contribution in [1.29, 1.82) is 5.41 Å². The molecule has 192 valence electrons. The van der Waals surface area contributed by atoms with Gasteiger partial charge in [-0.2, -0.15) is 0 Å². The molecule has 2 aromatic rings. The summed E-state index contributed by atoms with van der Waals surface area (Å²) in [6, 6.07) is 6.44. The minimum absolute atomic E-state index is 0.0631. The third-order valence-electron chi connectivity index (χ3n) is 5.93. The number of fused-ring (bicyclic) bond motifs is 1. The number of aromatic hydroxyl groups is 1. The van der Waals surface area contributed by atoms with Crippen LogP contribution in [0.25, 0.3) is 0 Å². The first-order valence-electron chi connectivity index (χ1n) is 11.5. The van der Waals surface area contributed by atoms with E-state index < -0.39 is 11.5 Å². The topological polar surface area (TPSA) is 155 Å². The average Bonchev–Trinajstić information content (AvgIpc) is 3.10. The Hall–Kier alpha value is -4.08. The molecule has 0 bridgehead atoms. The molecule has 0 spiro atoms. The Morgan fingerprint density at radius 3 is 2.47 bits per heavy atom. The van der Waals surface area contributed by atoms with Crippen molar-refractivity contribution in [1.82, 2.24) is 10.2 Å². The largest absolute Gasteiger partial charge is 0.507 e. The summed E-state index contributed by atoms with van der Waals surface area (Å²) >= 11 is 0. The number of hydrogen-bond acceptors (Lipinski definition) is 7. The summed E-state index contributed by atoms with van der Waals surface area (Å²) in [4.78, 5) is 38.4. The number of amides is 2. The number of primary amides is 1. The number of ether oxygens (including phenoxy) is 2. The Balaban J connectivity index is 1.91. The number of phenolic OH excluding ortho intramolecular Hbond substituents is 1. The summed E-state index contributed by atoms with van der Waals surface area (Å²) in [5, 5.41) is 21.9. The van der Waals surface area contributed by atoms with Crippen molar-refractivity contribution in [2.45, 2.75) is 46.3 Å². The second kappa shape index (κ2) is 10.3. The minimum Gasteiger partial charge on any atom is -0.507 e. The average molecular weight is 497 g/mol. The molecular weight excluding hydrogens is 464 g/mol. The van der Waals surface area contributed by atoms with Crippen molar-refractivity contribution in [3.63, 3.8) is 0 Å². The van der Waals surface area contributed by atoms with E-state index in [1.807, 2.05) is 27.7 Å². The lowest BCUT2D eigenvalue weighted by molar-refractivity contribution is 0.0952. The Bertz CT molecular complexity index is 1230. The molecule has 0 atom stereocenters. The number of ketones is 1. The van der Waals surface area contributed by atoms with Gasteiger partial charge in [-0.15, -0.1) is 0 Å². The standard InChI is InChI=1S/C26H32N4O6/c1-6-35-21-9-15-11-30(23(27)17(15)10-18(21)24(33)29-5)12-20(31)14-7-16(13-36-25(28)34)22(32)19(8-14)26(2,3)4/h7-10,27,32H,6,11-13H2,1-5H3,(H2,28,34)(H,29,33). The number of nitrogens with one attached hydrogen (secondary N) is 2. The van der Waals surface area contributed by atoms with Crippen molar-refractivity contribution < 1.29 is 29.0 Å². The van der Waals surface area contributed by atoms with Gasteiger partial charge in [0, 0.05) is 35.8 Å². The second-order valence-electron chi connectivity index (χ2n) is 9.53. The predicted molar refractivity (Wildman–Crippen MR) is 134 cm³/mol. The number of hydrogen-bond donors (Lipinski definition) is 4. The van der Waals surface area contributed by atoms with E-state index in [-0.39, 0.29) is 42.0 Å². The highest BCUT2D eigenvalue weighted by Crippen LogP contribution is 2.36. The third kappa shape index (κ3) is 5.42. The Morgan fingerprint density at radius 2 is 1.89 bits per heavy atom. The van der Waals surface area contributed by atoms with Gasteiger partial charge in [0.05, 0.1) is 18.7 Å². The minimum atomic E-state index is -0.991. The summed E-state index contributed by atoms with van der Waals surface area (Å²) in [5.74, 6) is -0.127. The number of amidine groups is 1. The maximum atomic E-state index is 13.3. The molecule has 2 aromatic carbocycles. The van der Waals surface area contributed by atoms with Crippen LogP contribution in [0.2, 0.25) is 0 Å². The zero-order chi connectivity index (χ0) is 26.8. The summed E-state index contributed by atoms with van der Waals surface area (Å²) in [5.41, 5.74) is 7.33.